The molecule has 0 fully saturated rings. The van der Waals surface area contributed by atoms with Gasteiger partial charge in [0.2, 0.25) is 11.9 Å². The summed E-state index contributed by atoms with van der Waals surface area (Å²) in [5.74, 6) is -2.92. The largest absolute Gasteiger partial charge is 0.325 e. The number of rotatable bonds is 5. The molecule has 0 bridgehead atoms. The fraction of sp³-hybridized carbons (Fsp3) is 0.105. The summed E-state index contributed by atoms with van der Waals surface area (Å²) in [6, 6.07) is 9.42. The fourth-order valence-electron chi connectivity index (χ4n) is 2.49. The number of hydrogen-bond donors (Lipinski definition) is 2. The SMILES string of the molecule is Cc1cc(=O)n(CC(=O)Nc2ccc(F)cc2F)c(Nc2cccc(F)c2)n1. The molecule has 9 heteroatoms. The predicted molar refractivity (Wildman–Crippen MR) is 97.9 cm³/mol. The number of carbonyl (C=O) groups is 1. The fourth-order valence-corrected chi connectivity index (χ4v) is 2.49. The van der Waals surface area contributed by atoms with Crippen LogP contribution < -0.4 is 16.2 Å². The van der Waals surface area contributed by atoms with Crippen molar-refractivity contribution in [2.75, 3.05) is 10.6 Å². The average molecular weight is 388 g/mol. The second kappa shape index (κ2) is 7.95. The van der Waals surface area contributed by atoms with Gasteiger partial charge in [0.05, 0.1) is 5.69 Å². The summed E-state index contributed by atoms with van der Waals surface area (Å²) < 4.78 is 41.1. The first-order chi connectivity index (χ1) is 13.3. The van der Waals surface area contributed by atoms with Gasteiger partial charge in [0.15, 0.2) is 0 Å². The number of halogens is 3. The minimum Gasteiger partial charge on any atom is -0.325 e. The van der Waals surface area contributed by atoms with E-state index in [4.69, 9.17) is 0 Å². The van der Waals surface area contributed by atoms with Gasteiger partial charge in [-0.25, -0.2) is 18.2 Å². The molecule has 2 N–H and O–H groups in total. The van der Waals surface area contributed by atoms with Crippen LogP contribution in [-0.4, -0.2) is 15.5 Å². The Balaban J connectivity index is 1.86. The second-order valence-electron chi connectivity index (χ2n) is 5.95. The molecule has 1 aromatic heterocycles. The van der Waals surface area contributed by atoms with Crippen molar-refractivity contribution in [1.82, 2.24) is 9.55 Å². The Kier molecular flexibility index (Phi) is 5.44. The molecule has 0 atom stereocenters. The Morgan fingerprint density at radius 2 is 1.82 bits per heavy atom. The third kappa shape index (κ3) is 4.56. The smallest absolute Gasteiger partial charge is 0.255 e. The topological polar surface area (TPSA) is 76.0 Å². The van der Waals surface area contributed by atoms with E-state index in [1.165, 1.54) is 24.3 Å². The molecule has 0 saturated heterocycles. The van der Waals surface area contributed by atoms with E-state index in [1.807, 2.05) is 0 Å². The van der Waals surface area contributed by atoms with Crippen LogP contribution in [0, 0.1) is 24.4 Å². The van der Waals surface area contributed by atoms with Gasteiger partial charge >= 0.3 is 0 Å². The lowest BCUT2D eigenvalue weighted by atomic mass is 10.3. The summed E-state index contributed by atoms with van der Waals surface area (Å²) in [7, 11) is 0. The van der Waals surface area contributed by atoms with Crippen molar-refractivity contribution < 1.29 is 18.0 Å². The quantitative estimate of drug-likeness (QED) is 0.703. The number of benzene rings is 2. The minimum atomic E-state index is -0.944. The summed E-state index contributed by atoms with van der Waals surface area (Å²) in [5, 5.41) is 5.06. The lowest BCUT2D eigenvalue weighted by Gasteiger charge is -2.14. The zero-order valence-electron chi connectivity index (χ0n) is 14.7. The molecule has 0 unspecified atom stereocenters. The maximum absolute atomic E-state index is 13.7. The molecule has 28 heavy (non-hydrogen) atoms. The van der Waals surface area contributed by atoms with Crippen molar-refractivity contribution in [2.45, 2.75) is 13.5 Å². The summed E-state index contributed by atoms with van der Waals surface area (Å²) in [5.41, 5.74) is -0.0262. The van der Waals surface area contributed by atoms with Gasteiger partial charge in [-0.3, -0.25) is 14.2 Å². The lowest BCUT2D eigenvalue weighted by Crippen LogP contribution is -2.30. The van der Waals surface area contributed by atoms with Gasteiger partial charge in [0, 0.05) is 23.5 Å². The van der Waals surface area contributed by atoms with E-state index in [9.17, 15) is 22.8 Å². The van der Waals surface area contributed by atoms with E-state index < -0.39 is 35.5 Å². The van der Waals surface area contributed by atoms with Gasteiger partial charge in [-0.1, -0.05) is 6.07 Å². The molecular weight excluding hydrogens is 373 g/mol. The maximum atomic E-state index is 13.7. The van der Waals surface area contributed by atoms with Gasteiger partial charge in [-0.05, 0) is 37.3 Å². The number of nitrogens with zero attached hydrogens (tertiary/aromatic N) is 2. The Labute approximate surface area is 157 Å². The van der Waals surface area contributed by atoms with Crippen LogP contribution in [-0.2, 0) is 11.3 Å². The molecule has 0 saturated carbocycles. The highest BCUT2D eigenvalue weighted by atomic mass is 19.1. The first kappa shape index (κ1) is 19.2. The normalized spacial score (nSPS) is 10.6. The Morgan fingerprint density at radius 1 is 1.07 bits per heavy atom. The minimum absolute atomic E-state index is 0.0188. The van der Waals surface area contributed by atoms with E-state index in [2.05, 4.69) is 15.6 Å². The van der Waals surface area contributed by atoms with E-state index in [0.717, 1.165) is 16.7 Å². The van der Waals surface area contributed by atoms with Crippen molar-refractivity contribution in [3.8, 4) is 0 Å². The van der Waals surface area contributed by atoms with Crippen LogP contribution in [0.3, 0.4) is 0 Å². The van der Waals surface area contributed by atoms with Crippen LogP contribution in [0.15, 0.2) is 53.3 Å². The number of aryl methyl sites for hydroxylation is 1. The number of carbonyl (C=O) groups excluding carboxylic acids is 1. The van der Waals surface area contributed by atoms with E-state index in [1.54, 1.807) is 13.0 Å². The van der Waals surface area contributed by atoms with E-state index in [0.29, 0.717) is 17.4 Å². The molecule has 2 aromatic carbocycles. The average Bonchev–Trinajstić information content (AvgIpc) is 2.60. The third-order valence-corrected chi connectivity index (χ3v) is 3.72. The zero-order valence-corrected chi connectivity index (χ0v) is 14.7. The first-order valence-electron chi connectivity index (χ1n) is 8.18. The van der Waals surface area contributed by atoms with Crippen molar-refractivity contribution >= 4 is 23.2 Å². The molecule has 1 amide bonds. The highest BCUT2D eigenvalue weighted by Gasteiger charge is 2.14. The Morgan fingerprint density at radius 3 is 2.54 bits per heavy atom. The summed E-state index contributed by atoms with van der Waals surface area (Å²) in [4.78, 5) is 28.8. The van der Waals surface area contributed by atoms with Crippen molar-refractivity contribution in [2.24, 2.45) is 0 Å². The van der Waals surface area contributed by atoms with Gasteiger partial charge < -0.3 is 10.6 Å². The number of amides is 1. The molecule has 6 nitrogen and oxygen atoms in total. The van der Waals surface area contributed by atoms with Crippen molar-refractivity contribution in [3.63, 3.8) is 0 Å². The van der Waals surface area contributed by atoms with Crippen molar-refractivity contribution in [3.05, 3.63) is 82.0 Å². The molecule has 0 spiro atoms. The summed E-state index contributed by atoms with van der Waals surface area (Å²) >= 11 is 0. The standard InChI is InChI=1S/C19H15F3N4O2/c1-11-7-18(28)26(19(23-11)24-14-4-2-3-12(20)8-14)10-17(27)25-16-6-5-13(21)9-15(16)22/h2-9H,10H2,1H3,(H,23,24)(H,25,27). The molecule has 0 aliphatic rings. The second-order valence-corrected chi connectivity index (χ2v) is 5.95. The zero-order chi connectivity index (χ0) is 20.3. The number of anilines is 3. The van der Waals surface area contributed by atoms with Gasteiger partial charge in [-0.2, -0.15) is 0 Å². The molecule has 1 heterocycles. The Bertz CT molecular complexity index is 1100. The van der Waals surface area contributed by atoms with Gasteiger partial charge in [0.25, 0.3) is 5.56 Å². The van der Waals surface area contributed by atoms with Gasteiger partial charge in [-0.15, -0.1) is 0 Å². The highest BCUT2D eigenvalue weighted by Crippen LogP contribution is 2.17. The first-order valence-corrected chi connectivity index (χ1v) is 8.18. The molecule has 3 aromatic rings. The highest BCUT2D eigenvalue weighted by molar-refractivity contribution is 5.90. The van der Waals surface area contributed by atoms with Crippen molar-refractivity contribution in [1.29, 1.82) is 0 Å². The molecule has 0 aliphatic heterocycles. The maximum Gasteiger partial charge on any atom is 0.255 e. The van der Waals surface area contributed by atoms with E-state index >= 15 is 0 Å². The molecular formula is C19H15F3N4O2. The van der Waals surface area contributed by atoms with E-state index in [-0.39, 0.29) is 11.6 Å². The number of nitrogens with one attached hydrogen (secondary N) is 2. The lowest BCUT2D eigenvalue weighted by molar-refractivity contribution is -0.116. The van der Waals surface area contributed by atoms with Gasteiger partial charge in [0.1, 0.15) is 24.0 Å². The van der Waals surface area contributed by atoms with Crippen LogP contribution in [0.4, 0.5) is 30.5 Å². The molecule has 0 radical (unpaired) electrons. The van der Waals surface area contributed by atoms with Crippen LogP contribution in [0.1, 0.15) is 5.69 Å². The summed E-state index contributed by atoms with van der Waals surface area (Å²) in [6.45, 7) is 1.11. The summed E-state index contributed by atoms with van der Waals surface area (Å²) in [6.07, 6.45) is 0. The molecule has 0 aliphatic carbocycles. The third-order valence-electron chi connectivity index (χ3n) is 3.72. The van der Waals surface area contributed by atoms with Crippen LogP contribution in [0.2, 0.25) is 0 Å². The molecule has 3 rings (SSSR count). The molecule has 144 valence electrons. The number of aromatic nitrogens is 2. The van der Waals surface area contributed by atoms with Crippen LogP contribution >= 0.6 is 0 Å². The monoisotopic (exact) mass is 388 g/mol. The van der Waals surface area contributed by atoms with Crippen LogP contribution in [0.5, 0.6) is 0 Å². The van der Waals surface area contributed by atoms with Crippen LogP contribution in [0.25, 0.3) is 0 Å². The number of hydrogen-bond acceptors (Lipinski definition) is 4. The Hall–Kier alpha value is -3.62. The predicted octanol–water partition coefficient (Wildman–Crippen LogP) is 3.35.